The Morgan fingerprint density at radius 2 is 1.95 bits per heavy atom. The maximum atomic E-state index is 13.8. The zero-order valence-corrected chi connectivity index (χ0v) is 11.3. The topological polar surface area (TPSA) is 35.2 Å². The van der Waals surface area contributed by atoms with Gasteiger partial charge in [0.1, 0.15) is 6.61 Å². The second-order valence-corrected chi connectivity index (χ2v) is 4.73. The van der Waals surface area contributed by atoms with Crippen molar-refractivity contribution in [3.63, 3.8) is 0 Å². The lowest BCUT2D eigenvalue weighted by Gasteiger charge is -2.15. The first kappa shape index (κ1) is 13.8. The van der Waals surface area contributed by atoms with Crippen molar-refractivity contribution in [2.75, 3.05) is 0 Å². The second-order valence-electron chi connectivity index (χ2n) is 4.33. The Kier molecular flexibility index (Phi) is 4.40. The van der Waals surface area contributed by atoms with Gasteiger partial charge in [0.15, 0.2) is 11.6 Å². The first-order chi connectivity index (χ1) is 9.09. The fraction of sp³-hybridized carbons (Fsp3) is 0.200. The van der Waals surface area contributed by atoms with Crippen molar-refractivity contribution in [1.29, 1.82) is 0 Å². The van der Waals surface area contributed by atoms with E-state index in [1.807, 2.05) is 18.2 Å². The Morgan fingerprint density at radius 1 is 1.21 bits per heavy atom. The van der Waals surface area contributed by atoms with Crippen molar-refractivity contribution in [3.8, 4) is 5.75 Å². The molecule has 0 heterocycles. The van der Waals surface area contributed by atoms with Crippen LogP contribution in [0.15, 0.2) is 42.5 Å². The molecule has 1 unspecified atom stereocenters. The Labute approximate surface area is 117 Å². The monoisotopic (exact) mass is 279 g/mol. The fourth-order valence-electron chi connectivity index (χ4n) is 1.80. The average molecular weight is 280 g/mol. The summed E-state index contributed by atoms with van der Waals surface area (Å²) in [6.45, 7) is 2.00. The predicted molar refractivity (Wildman–Crippen MR) is 74.8 cm³/mol. The van der Waals surface area contributed by atoms with Crippen LogP contribution in [0.5, 0.6) is 5.75 Å². The summed E-state index contributed by atoms with van der Waals surface area (Å²) in [7, 11) is 0. The highest BCUT2D eigenvalue weighted by molar-refractivity contribution is 6.31. The summed E-state index contributed by atoms with van der Waals surface area (Å²) >= 11 is 6.03. The number of hydrogen-bond acceptors (Lipinski definition) is 2. The fourth-order valence-corrected chi connectivity index (χ4v) is 1.99. The number of benzene rings is 2. The Morgan fingerprint density at radius 3 is 2.63 bits per heavy atom. The molecule has 0 bridgehead atoms. The third kappa shape index (κ3) is 3.25. The molecular weight excluding hydrogens is 265 g/mol. The molecule has 0 aliphatic carbocycles. The molecule has 2 rings (SSSR count). The molecule has 1 atom stereocenters. The van der Waals surface area contributed by atoms with Crippen LogP contribution < -0.4 is 10.5 Å². The van der Waals surface area contributed by atoms with E-state index in [1.165, 1.54) is 6.07 Å². The highest BCUT2D eigenvalue weighted by Crippen LogP contribution is 2.28. The van der Waals surface area contributed by atoms with Crippen LogP contribution >= 0.6 is 11.6 Å². The first-order valence-corrected chi connectivity index (χ1v) is 6.37. The van der Waals surface area contributed by atoms with E-state index in [4.69, 9.17) is 22.1 Å². The summed E-state index contributed by atoms with van der Waals surface area (Å²) in [6.07, 6.45) is 0. The van der Waals surface area contributed by atoms with Crippen LogP contribution in [0.1, 0.15) is 24.1 Å². The van der Waals surface area contributed by atoms with Crippen LogP contribution in [0.25, 0.3) is 0 Å². The predicted octanol–water partition coefficient (Wildman–Crippen LogP) is 4.08. The maximum absolute atomic E-state index is 13.8. The number of nitrogens with two attached hydrogens (primary N) is 1. The van der Waals surface area contributed by atoms with Gasteiger partial charge in [-0.1, -0.05) is 41.9 Å². The summed E-state index contributed by atoms with van der Waals surface area (Å²) < 4.78 is 19.4. The normalized spacial score (nSPS) is 12.2. The summed E-state index contributed by atoms with van der Waals surface area (Å²) in [6, 6.07) is 11.8. The third-order valence-corrected chi connectivity index (χ3v) is 3.19. The zero-order valence-electron chi connectivity index (χ0n) is 10.6. The van der Waals surface area contributed by atoms with E-state index in [9.17, 15) is 4.39 Å². The second kappa shape index (κ2) is 6.04. The molecule has 4 heteroatoms. The van der Waals surface area contributed by atoms with Crippen molar-refractivity contribution in [2.24, 2.45) is 5.73 Å². The molecule has 0 fully saturated rings. The largest absolute Gasteiger partial charge is 0.485 e. The minimum absolute atomic E-state index is 0.192. The molecule has 2 aromatic rings. The van der Waals surface area contributed by atoms with Crippen LogP contribution in [-0.2, 0) is 6.61 Å². The summed E-state index contributed by atoms with van der Waals surface area (Å²) in [5, 5.41) is 0.598. The molecule has 0 spiro atoms. The molecule has 19 heavy (non-hydrogen) atoms. The quantitative estimate of drug-likeness (QED) is 0.915. The molecule has 2 nitrogen and oxygen atoms in total. The van der Waals surface area contributed by atoms with Gasteiger partial charge in [-0.2, -0.15) is 0 Å². The lowest BCUT2D eigenvalue weighted by molar-refractivity contribution is 0.285. The lowest BCUT2D eigenvalue weighted by atomic mass is 10.1. The van der Waals surface area contributed by atoms with Gasteiger partial charge in [0.2, 0.25) is 0 Å². The van der Waals surface area contributed by atoms with Gasteiger partial charge in [-0.15, -0.1) is 0 Å². The van der Waals surface area contributed by atoms with Gasteiger partial charge in [-0.3, -0.25) is 0 Å². The third-order valence-electron chi connectivity index (χ3n) is 2.82. The van der Waals surface area contributed by atoms with Crippen LogP contribution in [0, 0.1) is 5.82 Å². The van der Waals surface area contributed by atoms with Gasteiger partial charge < -0.3 is 10.5 Å². The highest BCUT2D eigenvalue weighted by atomic mass is 35.5. The SMILES string of the molecule is CC(N)c1cccc(F)c1OCc1ccccc1Cl. The van der Waals surface area contributed by atoms with Crippen LogP contribution in [-0.4, -0.2) is 0 Å². The van der Waals surface area contributed by atoms with Crippen molar-refractivity contribution in [1.82, 2.24) is 0 Å². The van der Waals surface area contributed by atoms with E-state index < -0.39 is 5.82 Å². The summed E-state index contributed by atoms with van der Waals surface area (Å²) in [5.41, 5.74) is 7.26. The molecule has 2 N–H and O–H groups in total. The first-order valence-electron chi connectivity index (χ1n) is 6.00. The maximum Gasteiger partial charge on any atom is 0.165 e. The Bertz CT molecular complexity index is 572. The Balaban J connectivity index is 2.22. The standard InChI is InChI=1S/C15H15ClFNO/c1-10(18)12-6-4-8-14(17)15(12)19-9-11-5-2-3-7-13(11)16/h2-8,10H,9,18H2,1H3. The molecule has 2 aromatic carbocycles. The van der Waals surface area contributed by atoms with E-state index in [1.54, 1.807) is 25.1 Å². The molecule has 100 valence electrons. The highest BCUT2D eigenvalue weighted by Gasteiger charge is 2.13. The summed E-state index contributed by atoms with van der Waals surface area (Å²) in [4.78, 5) is 0. The molecule has 0 saturated heterocycles. The number of hydrogen-bond donors (Lipinski definition) is 1. The molecular formula is C15H15ClFNO. The van der Waals surface area contributed by atoms with E-state index in [0.29, 0.717) is 10.6 Å². The van der Waals surface area contributed by atoms with E-state index >= 15 is 0 Å². The van der Waals surface area contributed by atoms with Gasteiger partial charge in [-0.25, -0.2) is 4.39 Å². The van der Waals surface area contributed by atoms with Crippen LogP contribution in [0.3, 0.4) is 0 Å². The Hall–Kier alpha value is -1.58. The van der Waals surface area contributed by atoms with Gasteiger partial charge >= 0.3 is 0 Å². The van der Waals surface area contributed by atoms with Gasteiger partial charge in [0.25, 0.3) is 0 Å². The van der Waals surface area contributed by atoms with Gasteiger partial charge in [0, 0.05) is 22.2 Å². The van der Waals surface area contributed by atoms with Gasteiger partial charge in [-0.05, 0) is 19.1 Å². The zero-order chi connectivity index (χ0) is 13.8. The molecule has 0 amide bonds. The molecule has 0 aliphatic rings. The summed E-state index contributed by atoms with van der Waals surface area (Å²) in [5.74, 6) is -0.223. The van der Waals surface area contributed by atoms with Crippen molar-refractivity contribution in [2.45, 2.75) is 19.6 Å². The molecule has 0 aromatic heterocycles. The van der Waals surface area contributed by atoms with E-state index in [-0.39, 0.29) is 18.4 Å². The van der Waals surface area contributed by atoms with Crippen molar-refractivity contribution < 1.29 is 9.13 Å². The molecule has 0 aliphatic heterocycles. The minimum atomic E-state index is -0.415. The molecule has 0 radical (unpaired) electrons. The average Bonchev–Trinajstić information content (AvgIpc) is 2.38. The van der Waals surface area contributed by atoms with Crippen LogP contribution in [0.2, 0.25) is 5.02 Å². The van der Waals surface area contributed by atoms with E-state index in [0.717, 1.165) is 5.56 Å². The van der Waals surface area contributed by atoms with Crippen molar-refractivity contribution in [3.05, 3.63) is 64.4 Å². The number of halogens is 2. The van der Waals surface area contributed by atoms with E-state index in [2.05, 4.69) is 0 Å². The van der Waals surface area contributed by atoms with Crippen molar-refractivity contribution >= 4 is 11.6 Å². The number of rotatable bonds is 4. The smallest absolute Gasteiger partial charge is 0.165 e. The number of para-hydroxylation sites is 1. The lowest BCUT2D eigenvalue weighted by Crippen LogP contribution is -2.09. The number of ether oxygens (including phenoxy) is 1. The molecule has 0 saturated carbocycles. The van der Waals surface area contributed by atoms with Crippen LogP contribution in [0.4, 0.5) is 4.39 Å². The minimum Gasteiger partial charge on any atom is -0.485 e. The van der Waals surface area contributed by atoms with Gasteiger partial charge in [0.05, 0.1) is 0 Å².